The normalized spacial score (nSPS) is 10.0. The van der Waals surface area contributed by atoms with Crippen LogP contribution in [0.1, 0.15) is 12.8 Å². The molecular formula is C13H18N2O4. The summed E-state index contributed by atoms with van der Waals surface area (Å²) in [7, 11) is 2.98. The standard InChI is InChI=1S/C13H18N2O4/c1-14(8-5-7-13(18)19-2)12(17)10-15-9-4-3-6-11(15)16/h3-4,6,9H,5,7-8,10H2,1-2H3. The summed E-state index contributed by atoms with van der Waals surface area (Å²) in [5.41, 5.74) is -0.209. The highest BCUT2D eigenvalue weighted by Gasteiger charge is 2.10. The third-order valence-corrected chi connectivity index (χ3v) is 2.73. The molecule has 1 aromatic heterocycles. The molecule has 0 aromatic carbocycles. The number of ether oxygens (including phenoxy) is 1. The molecule has 0 radical (unpaired) electrons. The Bertz CT molecular complexity index is 495. The van der Waals surface area contributed by atoms with E-state index in [0.717, 1.165) is 0 Å². The van der Waals surface area contributed by atoms with Crippen molar-refractivity contribution in [2.24, 2.45) is 0 Å². The number of pyridine rings is 1. The maximum atomic E-state index is 11.9. The van der Waals surface area contributed by atoms with Crippen molar-refractivity contribution < 1.29 is 14.3 Å². The molecule has 1 heterocycles. The summed E-state index contributed by atoms with van der Waals surface area (Å²) < 4.78 is 5.86. The number of carbonyl (C=O) groups is 2. The van der Waals surface area contributed by atoms with Crippen molar-refractivity contribution in [3.63, 3.8) is 0 Å². The summed E-state index contributed by atoms with van der Waals surface area (Å²) in [6, 6.07) is 4.74. The van der Waals surface area contributed by atoms with E-state index in [2.05, 4.69) is 4.74 Å². The van der Waals surface area contributed by atoms with Crippen molar-refractivity contribution in [1.82, 2.24) is 9.47 Å². The second-order valence-electron chi connectivity index (χ2n) is 4.16. The number of likely N-dealkylation sites (N-methyl/N-ethyl adjacent to an activating group) is 1. The van der Waals surface area contributed by atoms with Gasteiger partial charge in [0.25, 0.3) is 5.56 Å². The zero-order valence-electron chi connectivity index (χ0n) is 11.2. The summed E-state index contributed by atoms with van der Waals surface area (Å²) in [6.07, 6.45) is 2.39. The Labute approximate surface area is 111 Å². The van der Waals surface area contributed by atoms with Crippen molar-refractivity contribution in [2.75, 3.05) is 20.7 Å². The van der Waals surface area contributed by atoms with Crippen molar-refractivity contribution in [3.05, 3.63) is 34.7 Å². The first-order valence-corrected chi connectivity index (χ1v) is 6.01. The first kappa shape index (κ1) is 14.9. The van der Waals surface area contributed by atoms with Crippen LogP contribution in [-0.2, 0) is 20.9 Å². The average molecular weight is 266 g/mol. The molecule has 1 amide bonds. The van der Waals surface area contributed by atoms with Crippen LogP contribution in [0.15, 0.2) is 29.2 Å². The third kappa shape index (κ3) is 4.95. The van der Waals surface area contributed by atoms with Crippen LogP contribution in [0.4, 0.5) is 0 Å². The summed E-state index contributed by atoms with van der Waals surface area (Å²) in [5.74, 6) is -0.460. The van der Waals surface area contributed by atoms with E-state index in [1.807, 2.05) is 0 Å². The van der Waals surface area contributed by atoms with Gasteiger partial charge in [-0.15, -0.1) is 0 Å². The van der Waals surface area contributed by atoms with Crippen LogP contribution in [0, 0.1) is 0 Å². The minimum absolute atomic E-state index is 0.00833. The lowest BCUT2D eigenvalue weighted by Gasteiger charge is -2.17. The number of hydrogen-bond acceptors (Lipinski definition) is 4. The average Bonchev–Trinajstić information content (AvgIpc) is 2.40. The fraction of sp³-hybridized carbons (Fsp3) is 0.462. The first-order valence-electron chi connectivity index (χ1n) is 6.01. The van der Waals surface area contributed by atoms with Crippen LogP contribution in [-0.4, -0.2) is 42.0 Å². The van der Waals surface area contributed by atoms with E-state index in [4.69, 9.17) is 0 Å². The predicted octanol–water partition coefficient (Wildman–Crippen LogP) is 0.260. The Balaban J connectivity index is 2.43. The third-order valence-electron chi connectivity index (χ3n) is 2.73. The quantitative estimate of drug-likeness (QED) is 0.693. The second-order valence-corrected chi connectivity index (χ2v) is 4.16. The number of aromatic nitrogens is 1. The van der Waals surface area contributed by atoms with Crippen molar-refractivity contribution in [3.8, 4) is 0 Å². The Morgan fingerprint density at radius 1 is 1.37 bits per heavy atom. The maximum absolute atomic E-state index is 11.9. The maximum Gasteiger partial charge on any atom is 0.305 e. The highest BCUT2D eigenvalue weighted by atomic mass is 16.5. The summed E-state index contributed by atoms with van der Waals surface area (Å²) in [5, 5.41) is 0. The first-order chi connectivity index (χ1) is 9.04. The van der Waals surface area contributed by atoms with Gasteiger partial charge in [-0.1, -0.05) is 6.07 Å². The molecule has 19 heavy (non-hydrogen) atoms. The number of carbonyl (C=O) groups excluding carboxylic acids is 2. The van der Waals surface area contributed by atoms with Gasteiger partial charge in [0.2, 0.25) is 5.91 Å². The summed E-state index contributed by atoms with van der Waals surface area (Å²) in [4.78, 5) is 35.7. The van der Waals surface area contributed by atoms with E-state index in [1.54, 1.807) is 25.4 Å². The lowest BCUT2D eigenvalue weighted by molar-refractivity contribution is -0.141. The minimum atomic E-state index is -0.292. The number of rotatable bonds is 6. The molecule has 104 valence electrons. The predicted molar refractivity (Wildman–Crippen MR) is 69.6 cm³/mol. The molecule has 0 aliphatic heterocycles. The van der Waals surface area contributed by atoms with Crippen LogP contribution in [0.2, 0.25) is 0 Å². The van der Waals surface area contributed by atoms with Gasteiger partial charge in [-0.25, -0.2) is 0 Å². The Morgan fingerprint density at radius 3 is 2.74 bits per heavy atom. The summed E-state index contributed by atoms with van der Waals surface area (Å²) >= 11 is 0. The van der Waals surface area contributed by atoms with E-state index in [-0.39, 0.29) is 30.4 Å². The molecule has 0 atom stereocenters. The van der Waals surface area contributed by atoms with Gasteiger partial charge in [0.15, 0.2) is 0 Å². The van der Waals surface area contributed by atoms with Gasteiger partial charge < -0.3 is 14.2 Å². The summed E-state index contributed by atoms with van der Waals surface area (Å²) in [6.45, 7) is 0.462. The van der Waals surface area contributed by atoms with Gasteiger partial charge in [-0.05, 0) is 12.5 Å². The fourth-order valence-corrected chi connectivity index (χ4v) is 1.55. The Kier molecular flexibility index (Phi) is 5.78. The van der Waals surface area contributed by atoms with Crippen LogP contribution in [0.5, 0.6) is 0 Å². The van der Waals surface area contributed by atoms with E-state index < -0.39 is 0 Å². The molecular weight excluding hydrogens is 248 g/mol. The molecule has 1 aromatic rings. The van der Waals surface area contributed by atoms with Crippen molar-refractivity contribution >= 4 is 11.9 Å². The topological polar surface area (TPSA) is 68.6 Å². The number of hydrogen-bond donors (Lipinski definition) is 0. The van der Waals surface area contributed by atoms with Crippen LogP contribution >= 0.6 is 0 Å². The van der Waals surface area contributed by atoms with Gasteiger partial charge >= 0.3 is 5.97 Å². The molecule has 0 saturated carbocycles. The molecule has 0 fully saturated rings. The SMILES string of the molecule is COC(=O)CCCN(C)C(=O)Cn1ccccc1=O. The lowest BCUT2D eigenvalue weighted by atomic mass is 10.3. The van der Waals surface area contributed by atoms with Gasteiger partial charge in [-0.3, -0.25) is 14.4 Å². The van der Waals surface area contributed by atoms with E-state index >= 15 is 0 Å². The molecule has 0 bridgehead atoms. The zero-order valence-corrected chi connectivity index (χ0v) is 11.2. The monoisotopic (exact) mass is 266 g/mol. The fourth-order valence-electron chi connectivity index (χ4n) is 1.55. The molecule has 0 unspecified atom stereocenters. The molecule has 0 aliphatic rings. The number of methoxy groups -OCH3 is 1. The van der Waals surface area contributed by atoms with Gasteiger partial charge in [0.05, 0.1) is 7.11 Å². The van der Waals surface area contributed by atoms with Crippen LogP contribution < -0.4 is 5.56 Å². The second kappa shape index (κ2) is 7.35. The number of amides is 1. The molecule has 1 rings (SSSR count). The van der Waals surface area contributed by atoms with Crippen molar-refractivity contribution in [2.45, 2.75) is 19.4 Å². The largest absolute Gasteiger partial charge is 0.469 e. The van der Waals surface area contributed by atoms with Crippen LogP contribution in [0.3, 0.4) is 0 Å². The van der Waals surface area contributed by atoms with Gasteiger partial charge in [0.1, 0.15) is 6.54 Å². The highest BCUT2D eigenvalue weighted by Crippen LogP contribution is 1.97. The van der Waals surface area contributed by atoms with Crippen molar-refractivity contribution in [1.29, 1.82) is 0 Å². The zero-order chi connectivity index (χ0) is 14.3. The van der Waals surface area contributed by atoms with Gasteiger partial charge in [-0.2, -0.15) is 0 Å². The molecule has 0 aliphatic carbocycles. The molecule has 6 nitrogen and oxygen atoms in total. The van der Waals surface area contributed by atoms with E-state index in [0.29, 0.717) is 13.0 Å². The molecule has 0 saturated heterocycles. The Morgan fingerprint density at radius 2 is 2.11 bits per heavy atom. The minimum Gasteiger partial charge on any atom is -0.469 e. The Hall–Kier alpha value is -2.11. The molecule has 6 heteroatoms. The van der Waals surface area contributed by atoms with E-state index in [9.17, 15) is 14.4 Å². The van der Waals surface area contributed by atoms with Crippen LogP contribution in [0.25, 0.3) is 0 Å². The molecule has 0 N–H and O–H groups in total. The van der Waals surface area contributed by atoms with E-state index in [1.165, 1.54) is 22.6 Å². The smallest absolute Gasteiger partial charge is 0.305 e. The molecule has 0 spiro atoms. The van der Waals surface area contributed by atoms with Gasteiger partial charge in [0, 0.05) is 32.3 Å². The highest BCUT2D eigenvalue weighted by molar-refractivity contribution is 5.75. The number of nitrogens with zero attached hydrogens (tertiary/aromatic N) is 2. The lowest BCUT2D eigenvalue weighted by Crippen LogP contribution is -2.34. The number of esters is 1.